The monoisotopic (exact) mass is 281 g/mol. The van der Waals surface area contributed by atoms with Crippen LogP contribution >= 0.6 is 0 Å². The molecule has 1 spiro atoms. The van der Waals surface area contributed by atoms with Crippen molar-refractivity contribution in [3.8, 4) is 0 Å². The molecule has 1 aliphatic heterocycles. The van der Waals surface area contributed by atoms with Crippen molar-refractivity contribution in [2.75, 3.05) is 7.05 Å². The second-order valence-corrected chi connectivity index (χ2v) is 5.97. The van der Waals surface area contributed by atoms with Crippen LogP contribution < -0.4 is 5.32 Å². The smallest absolute Gasteiger partial charge is 0.312 e. The molecule has 2 heterocycles. The summed E-state index contributed by atoms with van der Waals surface area (Å²) in [5, 5.41) is 3.49. The van der Waals surface area contributed by atoms with Crippen LogP contribution in [0.1, 0.15) is 16.8 Å². The Balaban J connectivity index is 1.85. The van der Waals surface area contributed by atoms with Crippen molar-refractivity contribution in [2.24, 2.45) is 0 Å². The number of aryl methyl sites for hydroxylation is 1. The topological polar surface area (TPSA) is 62.3 Å². The van der Waals surface area contributed by atoms with E-state index in [9.17, 15) is 9.59 Å². The molecule has 5 heteroatoms. The molecule has 5 nitrogen and oxygen atoms in total. The number of hydrogen-bond acceptors (Lipinski definition) is 3. The lowest BCUT2D eigenvalue weighted by Crippen LogP contribution is -2.48. The van der Waals surface area contributed by atoms with Gasteiger partial charge in [-0.1, -0.05) is 6.07 Å². The van der Waals surface area contributed by atoms with Crippen LogP contribution in [0.2, 0.25) is 0 Å². The molecular formula is C16H15N3O2. The van der Waals surface area contributed by atoms with Crippen molar-refractivity contribution in [3.05, 3.63) is 41.1 Å². The van der Waals surface area contributed by atoms with E-state index in [1.54, 1.807) is 11.9 Å². The first kappa shape index (κ1) is 12.3. The molecule has 1 unspecified atom stereocenters. The molecule has 4 rings (SSSR count). The summed E-state index contributed by atoms with van der Waals surface area (Å²) >= 11 is 0. The van der Waals surface area contributed by atoms with E-state index in [2.05, 4.69) is 22.4 Å². The molecule has 2 aromatic rings. The summed E-state index contributed by atoms with van der Waals surface area (Å²) < 4.78 is 0. The first-order valence-corrected chi connectivity index (χ1v) is 6.98. The highest BCUT2D eigenvalue weighted by atomic mass is 16.2. The molecule has 0 radical (unpaired) electrons. The highest BCUT2D eigenvalue weighted by Gasteiger charge is 2.54. The van der Waals surface area contributed by atoms with E-state index in [1.165, 1.54) is 0 Å². The SMILES string of the molecule is Cc1ccc2cc3c(cc2n1)CC1(C3)C(=O)NC(=O)N1C. The lowest BCUT2D eigenvalue weighted by molar-refractivity contribution is -0.125. The minimum atomic E-state index is -0.758. The molecule has 106 valence electrons. The zero-order valence-electron chi connectivity index (χ0n) is 11.9. The number of hydrogen-bond donors (Lipinski definition) is 1. The van der Waals surface area contributed by atoms with Crippen molar-refractivity contribution in [1.29, 1.82) is 0 Å². The largest absolute Gasteiger partial charge is 0.324 e. The number of amides is 3. The number of carbonyl (C=O) groups is 2. The number of benzene rings is 1. The molecule has 2 aliphatic rings. The number of carbonyl (C=O) groups excluding carboxylic acids is 2. The summed E-state index contributed by atoms with van der Waals surface area (Å²) in [6.45, 7) is 1.96. The lowest BCUT2D eigenvalue weighted by atomic mass is 9.95. The van der Waals surface area contributed by atoms with Crippen LogP contribution in [0.25, 0.3) is 10.9 Å². The van der Waals surface area contributed by atoms with Gasteiger partial charge in [0.15, 0.2) is 0 Å². The van der Waals surface area contributed by atoms with E-state index in [1.807, 2.05) is 19.1 Å². The number of aromatic nitrogens is 1. The average Bonchev–Trinajstić information content (AvgIpc) is 2.91. The molecule has 0 saturated carbocycles. The number of likely N-dealkylation sites (N-methyl/N-ethyl adjacent to an activating group) is 1. The molecule has 1 aliphatic carbocycles. The van der Waals surface area contributed by atoms with Crippen molar-refractivity contribution in [3.63, 3.8) is 0 Å². The van der Waals surface area contributed by atoms with Gasteiger partial charge in [-0.2, -0.15) is 0 Å². The number of pyridine rings is 1. The third-order valence-corrected chi connectivity index (χ3v) is 4.71. The molecule has 1 atom stereocenters. The van der Waals surface area contributed by atoms with Crippen molar-refractivity contribution in [1.82, 2.24) is 15.2 Å². The first-order chi connectivity index (χ1) is 9.99. The van der Waals surface area contributed by atoms with E-state index in [0.29, 0.717) is 12.8 Å². The van der Waals surface area contributed by atoms with Gasteiger partial charge in [0.2, 0.25) is 0 Å². The summed E-state index contributed by atoms with van der Waals surface area (Å²) in [5.74, 6) is -0.195. The third-order valence-electron chi connectivity index (χ3n) is 4.71. The van der Waals surface area contributed by atoms with E-state index < -0.39 is 5.54 Å². The Morgan fingerprint density at radius 1 is 1.19 bits per heavy atom. The Kier molecular flexibility index (Phi) is 2.24. The Morgan fingerprint density at radius 3 is 2.57 bits per heavy atom. The highest BCUT2D eigenvalue weighted by Crippen LogP contribution is 2.38. The van der Waals surface area contributed by atoms with Gasteiger partial charge in [-0.3, -0.25) is 15.1 Å². The number of imide groups is 1. The molecule has 1 aromatic heterocycles. The highest BCUT2D eigenvalue weighted by molar-refractivity contribution is 6.07. The third kappa shape index (κ3) is 1.54. The maximum Gasteiger partial charge on any atom is 0.324 e. The second kappa shape index (κ2) is 3.81. The fourth-order valence-electron chi connectivity index (χ4n) is 3.43. The summed E-state index contributed by atoms with van der Waals surface area (Å²) in [7, 11) is 1.69. The Morgan fingerprint density at radius 2 is 1.90 bits per heavy atom. The van der Waals surface area contributed by atoms with Gasteiger partial charge in [0.25, 0.3) is 5.91 Å². The average molecular weight is 281 g/mol. The molecule has 1 saturated heterocycles. The lowest BCUT2D eigenvalue weighted by Gasteiger charge is -2.27. The second-order valence-electron chi connectivity index (χ2n) is 5.97. The normalized spacial score (nSPS) is 24.0. The molecule has 21 heavy (non-hydrogen) atoms. The van der Waals surface area contributed by atoms with Gasteiger partial charge in [0, 0.05) is 31.0 Å². The standard InChI is InChI=1S/C16H15N3O2/c1-9-3-4-10-5-11-7-16(8-12(11)6-13(10)17-9)14(20)18-15(21)19(16)2/h3-6H,7-8H2,1-2H3,(H,18,20,21). The minimum absolute atomic E-state index is 0.195. The van der Waals surface area contributed by atoms with E-state index in [0.717, 1.165) is 27.7 Å². The van der Waals surface area contributed by atoms with Crippen LogP contribution in [-0.4, -0.2) is 34.4 Å². The van der Waals surface area contributed by atoms with Gasteiger partial charge in [-0.15, -0.1) is 0 Å². The van der Waals surface area contributed by atoms with Crippen LogP contribution in [0.5, 0.6) is 0 Å². The fourth-order valence-corrected chi connectivity index (χ4v) is 3.43. The summed E-state index contributed by atoms with van der Waals surface area (Å²) in [6, 6.07) is 7.86. The van der Waals surface area contributed by atoms with Crippen LogP contribution in [-0.2, 0) is 17.6 Å². The molecule has 3 amide bonds. The van der Waals surface area contributed by atoms with Crippen LogP contribution in [0.4, 0.5) is 4.79 Å². The van der Waals surface area contributed by atoms with Gasteiger partial charge in [-0.25, -0.2) is 4.79 Å². The number of fused-ring (bicyclic) bond motifs is 2. The van der Waals surface area contributed by atoms with E-state index >= 15 is 0 Å². The quantitative estimate of drug-likeness (QED) is 0.745. The maximum atomic E-state index is 12.2. The predicted molar refractivity (Wildman–Crippen MR) is 77.9 cm³/mol. The van der Waals surface area contributed by atoms with Gasteiger partial charge < -0.3 is 4.90 Å². The van der Waals surface area contributed by atoms with E-state index in [4.69, 9.17) is 0 Å². The first-order valence-electron chi connectivity index (χ1n) is 6.98. The Labute approximate surface area is 122 Å². The number of rotatable bonds is 0. The van der Waals surface area contributed by atoms with Gasteiger partial charge in [0.05, 0.1) is 5.52 Å². The fraction of sp³-hybridized carbons (Fsp3) is 0.312. The maximum absolute atomic E-state index is 12.2. The molecular weight excluding hydrogens is 266 g/mol. The van der Waals surface area contributed by atoms with Crippen molar-refractivity contribution < 1.29 is 9.59 Å². The number of nitrogens with one attached hydrogen (secondary N) is 1. The van der Waals surface area contributed by atoms with Crippen LogP contribution in [0, 0.1) is 6.92 Å². The Hall–Kier alpha value is -2.43. The van der Waals surface area contributed by atoms with Crippen molar-refractivity contribution in [2.45, 2.75) is 25.3 Å². The predicted octanol–water partition coefficient (Wildman–Crippen LogP) is 1.56. The molecule has 1 fully saturated rings. The van der Waals surface area contributed by atoms with Gasteiger partial charge >= 0.3 is 6.03 Å². The van der Waals surface area contributed by atoms with Crippen LogP contribution in [0.3, 0.4) is 0 Å². The molecule has 0 bridgehead atoms. The zero-order chi connectivity index (χ0) is 14.8. The number of nitrogens with zero attached hydrogens (tertiary/aromatic N) is 2. The minimum Gasteiger partial charge on any atom is -0.312 e. The summed E-state index contributed by atoms with van der Waals surface area (Å²) in [5.41, 5.74) is 3.40. The van der Waals surface area contributed by atoms with Crippen LogP contribution in [0.15, 0.2) is 24.3 Å². The Bertz CT molecular complexity index is 815. The summed E-state index contributed by atoms with van der Waals surface area (Å²) in [6.07, 6.45) is 1.13. The molecule has 1 N–H and O–H groups in total. The summed E-state index contributed by atoms with van der Waals surface area (Å²) in [4.78, 5) is 30.1. The van der Waals surface area contributed by atoms with Gasteiger partial charge in [-0.05, 0) is 36.2 Å². The zero-order valence-corrected chi connectivity index (χ0v) is 11.9. The van der Waals surface area contributed by atoms with Gasteiger partial charge in [0.1, 0.15) is 5.54 Å². The number of urea groups is 1. The van der Waals surface area contributed by atoms with Crippen molar-refractivity contribution >= 4 is 22.8 Å². The van der Waals surface area contributed by atoms with E-state index in [-0.39, 0.29) is 11.9 Å². The molecule has 1 aromatic carbocycles.